The molecule has 0 unspecified atom stereocenters. The van der Waals surface area contributed by atoms with Gasteiger partial charge in [0.1, 0.15) is 5.00 Å². The van der Waals surface area contributed by atoms with Gasteiger partial charge in [-0.3, -0.25) is 14.5 Å². The Kier molecular flexibility index (Phi) is 7.39. The van der Waals surface area contributed by atoms with Gasteiger partial charge in [0, 0.05) is 0 Å². The first-order chi connectivity index (χ1) is 12.0. The molecule has 0 aromatic carbocycles. The molecule has 0 spiro atoms. The van der Waals surface area contributed by atoms with Crippen LogP contribution in [0.4, 0.5) is 5.00 Å². The van der Waals surface area contributed by atoms with Gasteiger partial charge in [0.25, 0.3) is 0 Å². The van der Waals surface area contributed by atoms with Crippen molar-refractivity contribution >= 4 is 34.2 Å². The van der Waals surface area contributed by atoms with Gasteiger partial charge >= 0.3 is 11.9 Å². The van der Waals surface area contributed by atoms with Gasteiger partial charge in [0.2, 0.25) is 5.91 Å². The molecule has 1 saturated heterocycles. The topological polar surface area (TPSA) is 84.9 Å². The number of hydrogen-bond donors (Lipinski definition) is 1. The molecule has 2 heterocycles. The first-order valence-electron chi connectivity index (χ1n) is 8.48. The van der Waals surface area contributed by atoms with Gasteiger partial charge in [-0.1, -0.05) is 0 Å². The Labute approximate surface area is 151 Å². The molecule has 25 heavy (non-hydrogen) atoms. The lowest BCUT2D eigenvalue weighted by Crippen LogP contribution is -2.41. The van der Waals surface area contributed by atoms with Crippen molar-refractivity contribution in [3.05, 3.63) is 17.0 Å². The lowest BCUT2D eigenvalue weighted by atomic mass is 9.97. The summed E-state index contributed by atoms with van der Waals surface area (Å²) >= 11 is 1.29. The second-order valence-corrected chi connectivity index (χ2v) is 6.65. The number of piperidine rings is 1. The fourth-order valence-corrected chi connectivity index (χ4v) is 3.52. The van der Waals surface area contributed by atoms with Gasteiger partial charge in [0.05, 0.1) is 31.2 Å². The molecule has 0 radical (unpaired) electrons. The number of hydrogen-bond acceptors (Lipinski definition) is 7. The van der Waals surface area contributed by atoms with Crippen LogP contribution in [0.1, 0.15) is 37.0 Å². The van der Waals surface area contributed by atoms with Crippen LogP contribution in [0.25, 0.3) is 0 Å². The van der Waals surface area contributed by atoms with Crippen LogP contribution in [0.2, 0.25) is 0 Å². The molecule has 1 fully saturated rings. The summed E-state index contributed by atoms with van der Waals surface area (Å²) in [4.78, 5) is 37.8. The van der Waals surface area contributed by atoms with Gasteiger partial charge in [-0.25, -0.2) is 4.79 Å². The molecular formula is C17H24N2O5S. The summed E-state index contributed by atoms with van der Waals surface area (Å²) in [6, 6.07) is 1.64. The summed E-state index contributed by atoms with van der Waals surface area (Å²) in [6.07, 6.45) is 1.39. The zero-order valence-electron chi connectivity index (χ0n) is 14.6. The van der Waals surface area contributed by atoms with Crippen LogP contribution in [0.5, 0.6) is 0 Å². The molecule has 1 aromatic heterocycles. The highest BCUT2D eigenvalue weighted by molar-refractivity contribution is 7.14. The number of carbonyl (C=O) groups is 3. The van der Waals surface area contributed by atoms with E-state index in [1.165, 1.54) is 11.3 Å². The molecule has 7 nitrogen and oxygen atoms in total. The van der Waals surface area contributed by atoms with Crippen molar-refractivity contribution in [1.82, 2.24) is 4.90 Å². The van der Waals surface area contributed by atoms with E-state index >= 15 is 0 Å². The number of anilines is 1. The maximum Gasteiger partial charge on any atom is 0.341 e. The minimum absolute atomic E-state index is 0.0769. The Morgan fingerprint density at radius 2 is 1.88 bits per heavy atom. The number of rotatable bonds is 7. The van der Waals surface area contributed by atoms with Crippen LogP contribution >= 0.6 is 11.3 Å². The highest BCUT2D eigenvalue weighted by Crippen LogP contribution is 2.24. The van der Waals surface area contributed by atoms with Crippen LogP contribution in [0, 0.1) is 5.92 Å². The molecule has 1 N–H and O–H groups in total. The largest absolute Gasteiger partial charge is 0.466 e. The maximum atomic E-state index is 12.2. The first kappa shape index (κ1) is 19.4. The third-order valence-electron chi connectivity index (χ3n) is 3.99. The van der Waals surface area contributed by atoms with E-state index in [4.69, 9.17) is 9.47 Å². The second-order valence-electron chi connectivity index (χ2n) is 5.73. The number of thiophene rings is 1. The molecule has 1 aliphatic heterocycles. The molecule has 1 aromatic rings. The lowest BCUT2D eigenvalue weighted by Gasteiger charge is -2.30. The van der Waals surface area contributed by atoms with Crippen LogP contribution in [-0.4, -0.2) is 55.6 Å². The van der Waals surface area contributed by atoms with Crippen molar-refractivity contribution < 1.29 is 23.9 Å². The molecule has 0 atom stereocenters. The van der Waals surface area contributed by atoms with Crippen LogP contribution in [-0.2, 0) is 19.1 Å². The molecule has 0 bridgehead atoms. The highest BCUT2D eigenvalue weighted by Gasteiger charge is 2.27. The third kappa shape index (κ3) is 5.54. The van der Waals surface area contributed by atoms with E-state index in [0.717, 1.165) is 0 Å². The highest BCUT2D eigenvalue weighted by atomic mass is 32.1. The summed E-state index contributed by atoms with van der Waals surface area (Å²) in [6.45, 7) is 5.80. The predicted molar refractivity (Wildman–Crippen MR) is 94.7 cm³/mol. The first-order valence-corrected chi connectivity index (χ1v) is 9.36. The second kappa shape index (κ2) is 9.53. The number of esters is 2. The number of likely N-dealkylation sites (tertiary alicyclic amines) is 1. The molecule has 0 saturated carbocycles. The van der Waals surface area contributed by atoms with E-state index < -0.39 is 5.97 Å². The molecule has 1 amide bonds. The Morgan fingerprint density at radius 3 is 2.52 bits per heavy atom. The van der Waals surface area contributed by atoms with Crippen LogP contribution < -0.4 is 5.32 Å². The van der Waals surface area contributed by atoms with Crippen molar-refractivity contribution in [2.24, 2.45) is 5.92 Å². The Bertz CT molecular complexity index is 608. The average molecular weight is 368 g/mol. The molecule has 0 aliphatic carbocycles. The monoisotopic (exact) mass is 368 g/mol. The third-order valence-corrected chi connectivity index (χ3v) is 4.82. The van der Waals surface area contributed by atoms with Crippen molar-refractivity contribution in [1.29, 1.82) is 0 Å². The standard InChI is InChI=1S/C17H24N2O5S/c1-3-23-16(21)12-5-8-19(9-6-12)11-14(20)18-15-13(7-10-25-15)17(22)24-4-2/h7,10,12H,3-6,8-9,11H2,1-2H3,(H,18,20). The number of carbonyl (C=O) groups excluding carboxylic acids is 3. The van der Waals surface area contributed by atoms with E-state index in [-0.39, 0.29) is 30.9 Å². The Morgan fingerprint density at radius 1 is 1.20 bits per heavy atom. The van der Waals surface area contributed by atoms with Gasteiger partial charge in [-0.15, -0.1) is 11.3 Å². The summed E-state index contributed by atoms with van der Waals surface area (Å²) < 4.78 is 10.0. The van der Waals surface area contributed by atoms with Crippen molar-refractivity contribution in [2.75, 3.05) is 38.2 Å². The van der Waals surface area contributed by atoms with Gasteiger partial charge < -0.3 is 14.8 Å². The van der Waals surface area contributed by atoms with E-state index in [1.807, 2.05) is 4.90 Å². The number of nitrogens with zero attached hydrogens (tertiary/aromatic N) is 1. The van der Waals surface area contributed by atoms with E-state index in [9.17, 15) is 14.4 Å². The predicted octanol–water partition coefficient (Wildman–Crippen LogP) is 2.14. The molecule has 8 heteroatoms. The van der Waals surface area contributed by atoms with Crippen LogP contribution in [0.15, 0.2) is 11.4 Å². The smallest absolute Gasteiger partial charge is 0.341 e. The van der Waals surface area contributed by atoms with Crippen molar-refractivity contribution in [2.45, 2.75) is 26.7 Å². The van der Waals surface area contributed by atoms with E-state index in [0.29, 0.717) is 43.1 Å². The SMILES string of the molecule is CCOC(=O)c1ccsc1NC(=O)CN1CCC(C(=O)OCC)CC1. The normalized spacial score (nSPS) is 15.6. The molecular weight excluding hydrogens is 344 g/mol. The zero-order valence-corrected chi connectivity index (χ0v) is 15.4. The van der Waals surface area contributed by atoms with Gasteiger partial charge in [-0.05, 0) is 51.2 Å². The summed E-state index contributed by atoms with van der Waals surface area (Å²) in [5.74, 6) is -0.840. The quantitative estimate of drug-likeness (QED) is 0.742. The fourth-order valence-electron chi connectivity index (χ4n) is 2.73. The van der Waals surface area contributed by atoms with Crippen molar-refractivity contribution in [3.63, 3.8) is 0 Å². The van der Waals surface area contributed by atoms with Crippen molar-refractivity contribution in [3.8, 4) is 0 Å². The summed E-state index contributed by atoms with van der Waals surface area (Å²) in [5.41, 5.74) is 0.376. The number of ether oxygens (including phenoxy) is 2. The summed E-state index contributed by atoms with van der Waals surface area (Å²) in [5, 5.41) is 5.02. The minimum Gasteiger partial charge on any atom is -0.466 e. The lowest BCUT2D eigenvalue weighted by molar-refractivity contribution is -0.149. The number of amides is 1. The molecule has 138 valence electrons. The van der Waals surface area contributed by atoms with E-state index in [2.05, 4.69) is 5.32 Å². The number of nitrogens with one attached hydrogen (secondary N) is 1. The minimum atomic E-state index is -0.436. The maximum absolute atomic E-state index is 12.2. The Hall–Kier alpha value is -1.93. The molecule has 1 aliphatic rings. The summed E-state index contributed by atoms with van der Waals surface area (Å²) in [7, 11) is 0. The van der Waals surface area contributed by atoms with E-state index in [1.54, 1.807) is 25.3 Å². The van der Waals surface area contributed by atoms with Gasteiger partial charge in [0.15, 0.2) is 0 Å². The Balaban J connectivity index is 1.81. The van der Waals surface area contributed by atoms with Gasteiger partial charge in [-0.2, -0.15) is 0 Å². The molecule has 2 rings (SSSR count). The fraction of sp³-hybridized carbons (Fsp3) is 0.588. The average Bonchev–Trinajstić information content (AvgIpc) is 3.04. The zero-order chi connectivity index (χ0) is 18.2. The van der Waals surface area contributed by atoms with Crippen LogP contribution in [0.3, 0.4) is 0 Å².